The number of nitrogens with zero attached hydrogens (tertiary/aromatic N) is 2. The molecule has 0 amide bonds. The van der Waals surface area contributed by atoms with Crippen molar-refractivity contribution in [1.29, 1.82) is 0 Å². The lowest BCUT2D eigenvalue weighted by atomic mass is 10.1. The van der Waals surface area contributed by atoms with Crippen LogP contribution in [0.2, 0.25) is 0 Å². The topological polar surface area (TPSA) is 60.9 Å². The number of rotatable bonds is 5. The van der Waals surface area contributed by atoms with Crippen LogP contribution in [0.1, 0.15) is 30.6 Å². The third-order valence-electron chi connectivity index (χ3n) is 4.12. The maximum absolute atomic E-state index is 14.1. The zero-order valence-electron chi connectivity index (χ0n) is 12.9. The van der Waals surface area contributed by atoms with Gasteiger partial charge < -0.3 is 10.0 Å². The van der Waals surface area contributed by atoms with Crippen LogP contribution in [0, 0.1) is 5.82 Å². The number of ketones is 1. The quantitative estimate of drug-likeness (QED) is 0.843. The molecule has 0 bridgehead atoms. The van der Waals surface area contributed by atoms with Crippen molar-refractivity contribution < 1.29 is 19.1 Å². The van der Waals surface area contributed by atoms with Gasteiger partial charge in [0.2, 0.25) is 0 Å². The Bertz CT molecular complexity index is 569. The van der Waals surface area contributed by atoms with Crippen molar-refractivity contribution in [1.82, 2.24) is 4.90 Å². The summed E-state index contributed by atoms with van der Waals surface area (Å²) >= 11 is 0. The van der Waals surface area contributed by atoms with E-state index in [1.165, 1.54) is 13.0 Å². The third-order valence-corrected chi connectivity index (χ3v) is 4.12. The van der Waals surface area contributed by atoms with Crippen LogP contribution in [-0.2, 0) is 4.79 Å². The van der Waals surface area contributed by atoms with E-state index in [1.807, 2.05) is 16.7 Å². The summed E-state index contributed by atoms with van der Waals surface area (Å²) in [6.45, 7) is 5.56. The van der Waals surface area contributed by atoms with Gasteiger partial charge in [-0.1, -0.05) is 6.92 Å². The molecule has 1 aromatic rings. The molecule has 1 saturated heterocycles. The summed E-state index contributed by atoms with van der Waals surface area (Å²) in [6.07, 6.45) is 0.553. The van der Waals surface area contributed by atoms with E-state index in [4.69, 9.17) is 0 Å². The summed E-state index contributed by atoms with van der Waals surface area (Å²) in [4.78, 5) is 26.3. The summed E-state index contributed by atoms with van der Waals surface area (Å²) in [5.74, 6) is -1.39. The van der Waals surface area contributed by atoms with Gasteiger partial charge in [0.25, 0.3) is 0 Å². The van der Waals surface area contributed by atoms with E-state index >= 15 is 0 Å². The molecule has 120 valence electrons. The Morgan fingerprint density at radius 1 is 1.27 bits per heavy atom. The second kappa shape index (κ2) is 6.87. The molecule has 1 aromatic carbocycles. The first-order valence-electron chi connectivity index (χ1n) is 7.46. The number of carboxylic acid groups (broad SMARTS) is 1. The molecule has 1 fully saturated rings. The second-order valence-corrected chi connectivity index (χ2v) is 5.51. The van der Waals surface area contributed by atoms with Crippen LogP contribution in [0.3, 0.4) is 0 Å². The highest BCUT2D eigenvalue weighted by molar-refractivity contribution is 5.94. The average Bonchev–Trinajstić information content (AvgIpc) is 2.48. The number of benzene rings is 1. The Morgan fingerprint density at radius 2 is 1.91 bits per heavy atom. The van der Waals surface area contributed by atoms with Crippen LogP contribution in [-0.4, -0.2) is 54.0 Å². The number of Topliss-reactive ketones (excluding diaryl/α,β-unsaturated/α-hetero) is 1. The number of hydrogen-bond acceptors (Lipinski definition) is 4. The van der Waals surface area contributed by atoms with E-state index < -0.39 is 17.8 Å². The maximum atomic E-state index is 14.1. The predicted octanol–water partition coefficient (Wildman–Crippen LogP) is 2.01. The van der Waals surface area contributed by atoms with Crippen LogP contribution in [0.25, 0.3) is 0 Å². The fourth-order valence-corrected chi connectivity index (χ4v) is 2.85. The van der Waals surface area contributed by atoms with Gasteiger partial charge in [-0.3, -0.25) is 14.5 Å². The van der Waals surface area contributed by atoms with E-state index in [0.29, 0.717) is 43.9 Å². The second-order valence-electron chi connectivity index (χ2n) is 5.51. The number of hydrogen-bond donors (Lipinski definition) is 1. The number of carboxylic acids is 1. The lowest BCUT2D eigenvalue weighted by Crippen LogP contribution is -2.52. The van der Waals surface area contributed by atoms with Crippen molar-refractivity contribution in [2.24, 2.45) is 0 Å². The predicted molar refractivity (Wildman–Crippen MR) is 81.9 cm³/mol. The number of halogens is 1. The number of piperazine rings is 1. The van der Waals surface area contributed by atoms with Crippen LogP contribution in [0.4, 0.5) is 10.1 Å². The molecule has 0 spiro atoms. The van der Waals surface area contributed by atoms with Crippen LogP contribution >= 0.6 is 0 Å². The Morgan fingerprint density at radius 3 is 2.36 bits per heavy atom. The number of anilines is 1. The Labute approximate surface area is 129 Å². The van der Waals surface area contributed by atoms with Crippen LogP contribution in [0.5, 0.6) is 0 Å². The van der Waals surface area contributed by atoms with Gasteiger partial charge in [-0.2, -0.15) is 0 Å². The zero-order chi connectivity index (χ0) is 16.3. The Kier molecular flexibility index (Phi) is 5.13. The summed E-state index contributed by atoms with van der Waals surface area (Å²) in [5, 5.41) is 9.19. The van der Waals surface area contributed by atoms with Gasteiger partial charge in [0.05, 0.1) is 5.69 Å². The summed E-state index contributed by atoms with van der Waals surface area (Å²) in [5.41, 5.74) is 0.824. The van der Waals surface area contributed by atoms with Crippen molar-refractivity contribution in [2.45, 2.75) is 26.3 Å². The third kappa shape index (κ3) is 3.44. The molecule has 1 aliphatic rings. The largest absolute Gasteiger partial charge is 0.480 e. The van der Waals surface area contributed by atoms with Crippen molar-refractivity contribution in [3.8, 4) is 0 Å². The first-order chi connectivity index (χ1) is 10.4. The van der Waals surface area contributed by atoms with Gasteiger partial charge in [0.1, 0.15) is 11.9 Å². The van der Waals surface area contributed by atoms with Gasteiger partial charge in [-0.15, -0.1) is 0 Å². The lowest BCUT2D eigenvalue weighted by Gasteiger charge is -2.38. The van der Waals surface area contributed by atoms with Gasteiger partial charge in [0, 0.05) is 31.7 Å². The zero-order valence-corrected chi connectivity index (χ0v) is 12.9. The van der Waals surface area contributed by atoms with Gasteiger partial charge >= 0.3 is 5.97 Å². The Balaban J connectivity index is 2.05. The SMILES string of the molecule is CC[C@H](C(=O)O)N1CCN(c2ccc(C(C)=O)cc2F)CC1. The molecule has 1 N–H and O–H groups in total. The van der Waals surface area contributed by atoms with Gasteiger partial charge in [-0.25, -0.2) is 4.39 Å². The summed E-state index contributed by atoms with van der Waals surface area (Å²) in [6, 6.07) is 4.03. The number of carbonyl (C=O) groups excluding carboxylic acids is 1. The summed E-state index contributed by atoms with van der Waals surface area (Å²) < 4.78 is 14.1. The minimum absolute atomic E-state index is 0.164. The molecule has 6 heteroatoms. The fourth-order valence-electron chi connectivity index (χ4n) is 2.85. The minimum Gasteiger partial charge on any atom is -0.480 e. The van der Waals surface area contributed by atoms with Crippen molar-refractivity contribution >= 4 is 17.4 Å². The average molecular weight is 308 g/mol. The molecule has 1 heterocycles. The molecular weight excluding hydrogens is 287 g/mol. The first kappa shape index (κ1) is 16.4. The van der Waals surface area contributed by atoms with E-state index in [2.05, 4.69) is 0 Å². The lowest BCUT2D eigenvalue weighted by molar-refractivity contribution is -0.143. The highest BCUT2D eigenvalue weighted by Gasteiger charge is 2.28. The normalized spacial score (nSPS) is 17.3. The molecule has 1 aliphatic heterocycles. The smallest absolute Gasteiger partial charge is 0.320 e. The van der Waals surface area contributed by atoms with E-state index in [-0.39, 0.29) is 5.78 Å². The van der Waals surface area contributed by atoms with Gasteiger partial charge in [-0.05, 0) is 31.5 Å². The van der Waals surface area contributed by atoms with Crippen LogP contribution in [0.15, 0.2) is 18.2 Å². The van der Waals surface area contributed by atoms with E-state index in [1.54, 1.807) is 12.1 Å². The molecule has 0 aliphatic carbocycles. The molecule has 0 aromatic heterocycles. The molecular formula is C16H21FN2O3. The highest BCUT2D eigenvalue weighted by atomic mass is 19.1. The first-order valence-corrected chi connectivity index (χ1v) is 7.46. The molecule has 2 rings (SSSR count). The standard InChI is InChI=1S/C16H21FN2O3/c1-3-14(16(21)22)18-6-8-19(9-7-18)15-5-4-12(11(2)20)10-13(15)17/h4-5,10,14H,3,6-9H2,1-2H3,(H,21,22)/t14-/m1/s1. The summed E-state index contributed by atoms with van der Waals surface area (Å²) in [7, 11) is 0. The van der Waals surface area contributed by atoms with Crippen LogP contribution < -0.4 is 4.90 Å². The Hall–Kier alpha value is -1.95. The maximum Gasteiger partial charge on any atom is 0.320 e. The number of carbonyl (C=O) groups is 2. The van der Waals surface area contributed by atoms with Gasteiger partial charge in [0.15, 0.2) is 5.78 Å². The van der Waals surface area contributed by atoms with Crippen molar-refractivity contribution in [2.75, 3.05) is 31.1 Å². The monoisotopic (exact) mass is 308 g/mol. The van der Waals surface area contributed by atoms with Crippen molar-refractivity contribution in [3.63, 3.8) is 0 Å². The molecule has 0 saturated carbocycles. The van der Waals surface area contributed by atoms with E-state index in [9.17, 15) is 19.1 Å². The molecule has 5 nitrogen and oxygen atoms in total. The van der Waals surface area contributed by atoms with E-state index in [0.717, 1.165) is 0 Å². The molecule has 0 unspecified atom stereocenters. The molecule has 0 radical (unpaired) electrons. The highest BCUT2D eigenvalue weighted by Crippen LogP contribution is 2.23. The van der Waals surface area contributed by atoms with Crippen molar-refractivity contribution in [3.05, 3.63) is 29.6 Å². The number of aliphatic carboxylic acids is 1. The molecule has 1 atom stereocenters. The fraction of sp³-hybridized carbons (Fsp3) is 0.500. The minimum atomic E-state index is -0.812. The molecule has 22 heavy (non-hydrogen) atoms.